The van der Waals surface area contributed by atoms with Gasteiger partial charge >= 0.3 is 0 Å². The molecule has 0 spiro atoms. The molecule has 0 saturated carbocycles. The number of amides is 1. The maximum absolute atomic E-state index is 12.0. The van der Waals surface area contributed by atoms with Crippen molar-refractivity contribution in [3.8, 4) is 0 Å². The summed E-state index contributed by atoms with van der Waals surface area (Å²) < 4.78 is 4.92. The molecule has 0 radical (unpaired) electrons. The Balaban J connectivity index is 2.09. The lowest BCUT2D eigenvalue weighted by Crippen LogP contribution is -2.23. The number of hydrogen-bond acceptors (Lipinski definition) is 4. The molecule has 5 heteroatoms. The van der Waals surface area contributed by atoms with Crippen LogP contribution in [0.2, 0.25) is 0 Å². The number of hydrogen-bond donors (Lipinski definition) is 2. The number of carbonyl (C=O) groups is 1. The zero-order valence-corrected chi connectivity index (χ0v) is 10.4. The monoisotopic (exact) mass is 245 g/mol. The second-order valence-corrected chi connectivity index (χ2v) is 3.96. The third-order valence-corrected chi connectivity index (χ3v) is 2.60. The van der Waals surface area contributed by atoms with Crippen molar-refractivity contribution in [1.29, 1.82) is 0 Å². The topological polar surface area (TPSA) is 67.2 Å². The van der Waals surface area contributed by atoms with Crippen molar-refractivity contribution in [2.24, 2.45) is 0 Å². The second kappa shape index (κ2) is 5.35. The lowest BCUT2D eigenvalue weighted by molar-refractivity contribution is 0.0948. The smallest absolute Gasteiger partial charge is 0.253 e. The Morgan fingerprint density at radius 3 is 2.89 bits per heavy atom. The molecule has 5 nitrogen and oxygen atoms in total. The summed E-state index contributed by atoms with van der Waals surface area (Å²) in [5.41, 5.74) is 2.53. The minimum absolute atomic E-state index is 0.143. The summed E-state index contributed by atoms with van der Waals surface area (Å²) in [7, 11) is 1.79. The van der Waals surface area contributed by atoms with E-state index in [0.717, 1.165) is 11.3 Å². The second-order valence-electron chi connectivity index (χ2n) is 3.96. The van der Waals surface area contributed by atoms with Gasteiger partial charge < -0.3 is 15.2 Å². The molecular weight excluding hydrogens is 230 g/mol. The van der Waals surface area contributed by atoms with Crippen LogP contribution >= 0.6 is 0 Å². The Morgan fingerprint density at radius 1 is 1.39 bits per heavy atom. The van der Waals surface area contributed by atoms with E-state index in [-0.39, 0.29) is 5.91 Å². The van der Waals surface area contributed by atoms with E-state index in [1.54, 1.807) is 25.4 Å². The summed E-state index contributed by atoms with van der Waals surface area (Å²) in [6.45, 7) is 2.31. The van der Waals surface area contributed by atoms with E-state index >= 15 is 0 Å². The van der Waals surface area contributed by atoms with Crippen LogP contribution in [0.3, 0.4) is 0 Å². The Hall–Kier alpha value is -2.30. The predicted octanol–water partition coefficient (Wildman–Crippen LogP) is 1.95. The quantitative estimate of drug-likeness (QED) is 0.864. The fourth-order valence-corrected chi connectivity index (χ4v) is 1.66. The van der Waals surface area contributed by atoms with Crippen LogP contribution < -0.4 is 10.6 Å². The van der Waals surface area contributed by atoms with Gasteiger partial charge in [-0.3, -0.25) is 4.79 Å². The van der Waals surface area contributed by atoms with Gasteiger partial charge in [0, 0.05) is 18.8 Å². The average molecular weight is 245 g/mol. The number of carbonyl (C=O) groups excluding carboxylic acids is 1. The highest BCUT2D eigenvalue weighted by molar-refractivity contribution is 5.99. The Morgan fingerprint density at radius 2 is 2.22 bits per heavy atom. The van der Waals surface area contributed by atoms with Crippen molar-refractivity contribution in [2.45, 2.75) is 13.5 Å². The molecule has 1 heterocycles. The Bertz CT molecular complexity index is 535. The summed E-state index contributed by atoms with van der Waals surface area (Å²) in [6, 6.07) is 7.36. The fraction of sp³-hybridized carbons (Fsp3) is 0.231. The molecule has 1 aromatic carbocycles. The molecule has 18 heavy (non-hydrogen) atoms. The van der Waals surface area contributed by atoms with Crippen molar-refractivity contribution in [3.63, 3.8) is 0 Å². The highest BCUT2D eigenvalue weighted by Crippen LogP contribution is 2.16. The number of nitrogens with zero attached hydrogens (tertiary/aromatic N) is 1. The van der Waals surface area contributed by atoms with Crippen LogP contribution in [-0.2, 0) is 6.54 Å². The first-order valence-electron chi connectivity index (χ1n) is 5.67. The van der Waals surface area contributed by atoms with Crippen molar-refractivity contribution in [3.05, 3.63) is 47.3 Å². The molecule has 1 amide bonds. The van der Waals surface area contributed by atoms with Gasteiger partial charge in [-0.2, -0.15) is 0 Å². The van der Waals surface area contributed by atoms with E-state index < -0.39 is 0 Å². The molecule has 2 N–H and O–H groups in total. The lowest BCUT2D eigenvalue weighted by atomic mass is 10.1. The van der Waals surface area contributed by atoms with Gasteiger partial charge in [-0.25, -0.2) is 0 Å². The third kappa shape index (κ3) is 2.68. The average Bonchev–Trinajstić information content (AvgIpc) is 2.88. The van der Waals surface area contributed by atoms with Crippen LogP contribution in [0, 0.1) is 6.92 Å². The number of benzene rings is 1. The van der Waals surface area contributed by atoms with Crippen molar-refractivity contribution in [1.82, 2.24) is 10.5 Å². The summed E-state index contributed by atoms with van der Waals surface area (Å²) in [5.74, 6) is 0.484. The minimum Gasteiger partial charge on any atom is -0.387 e. The van der Waals surface area contributed by atoms with Gasteiger partial charge in [0.15, 0.2) is 5.76 Å². The molecule has 1 aromatic heterocycles. The van der Waals surface area contributed by atoms with Crippen LogP contribution in [0.25, 0.3) is 0 Å². The van der Waals surface area contributed by atoms with Gasteiger partial charge in [0.1, 0.15) is 0 Å². The highest BCUT2D eigenvalue weighted by Gasteiger charge is 2.11. The lowest BCUT2D eigenvalue weighted by Gasteiger charge is -2.09. The van der Waals surface area contributed by atoms with Gasteiger partial charge in [0.2, 0.25) is 0 Å². The zero-order valence-electron chi connectivity index (χ0n) is 10.4. The first kappa shape index (κ1) is 12.2. The molecule has 0 aliphatic heterocycles. The minimum atomic E-state index is -0.143. The molecule has 2 rings (SSSR count). The molecule has 0 bridgehead atoms. The molecule has 0 fully saturated rings. The van der Waals surface area contributed by atoms with Gasteiger partial charge in [-0.15, -0.1) is 0 Å². The standard InChI is InChI=1S/C13H15N3O2/c1-9-3-4-11(12(7-9)14-2)13(17)15-8-10-5-6-16-18-10/h3-7,14H,8H2,1-2H3,(H,15,17). The van der Waals surface area contributed by atoms with Crippen LogP contribution in [0.4, 0.5) is 5.69 Å². The third-order valence-electron chi connectivity index (χ3n) is 2.60. The van der Waals surface area contributed by atoms with E-state index in [1.807, 2.05) is 19.1 Å². The Labute approximate surface area is 105 Å². The number of aromatic nitrogens is 1. The molecule has 94 valence electrons. The van der Waals surface area contributed by atoms with Crippen LogP contribution in [-0.4, -0.2) is 18.1 Å². The van der Waals surface area contributed by atoms with Crippen LogP contribution in [0.1, 0.15) is 21.7 Å². The maximum Gasteiger partial charge on any atom is 0.253 e. The van der Waals surface area contributed by atoms with Gasteiger partial charge in [0.25, 0.3) is 5.91 Å². The fourth-order valence-electron chi connectivity index (χ4n) is 1.66. The molecular formula is C13H15N3O2. The first-order chi connectivity index (χ1) is 8.70. The number of nitrogens with one attached hydrogen (secondary N) is 2. The summed E-state index contributed by atoms with van der Waals surface area (Å²) in [5, 5.41) is 9.38. The molecule has 2 aromatic rings. The Kier molecular flexibility index (Phi) is 3.62. The van der Waals surface area contributed by atoms with E-state index in [2.05, 4.69) is 15.8 Å². The highest BCUT2D eigenvalue weighted by atomic mass is 16.5. The van der Waals surface area contributed by atoms with E-state index in [9.17, 15) is 4.79 Å². The van der Waals surface area contributed by atoms with Gasteiger partial charge in [-0.05, 0) is 24.6 Å². The number of aryl methyl sites for hydroxylation is 1. The zero-order chi connectivity index (χ0) is 13.0. The number of rotatable bonds is 4. The largest absolute Gasteiger partial charge is 0.387 e. The molecule has 0 atom stereocenters. The van der Waals surface area contributed by atoms with Crippen LogP contribution in [0.15, 0.2) is 35.0 Å². The van der Waals surface area contributed by atoms with Gasteiger partial charge in [0.05, 0.1) is 18.3 Å². The number of anilines is 1. The molecule has 0 unspecified atom stereocenters. The van der Waals surface area contributed by atoms with E-state index in [0.29, 0.717) is 17.9 Å². The molecule has 0 saturated heterocycles. The van der Waals surface area contributed by atoms with Gasteiger partial charge in [-0.1, -0.05) is 11.2 Å². The molecule has 0 aliphatic rings. The normalized spacial score (nSPS) is 10.1. The van der Waals surface area contributed by atoms with Crippen molar-refractivity contribution in [2.75, 3.05) is 12.4 Å². The summed E-state index contributed by atoms with van der Waals surface area (Å²) in [6.07, 6.45) is 1.55. The van der Waals surface area contributed by atoms with Crippen LogP contribution in [0.5, 0.6) is 0 Å². The van der Waals surface area contributed by atoms with E-state index in [1.165, 1.54) is 0 Å². The SMILES string of the molecule is CNc1cc(C)ccc1C(=O)NCc1ccno1. The van der Waals surface area contributed by atoms with E-state index in [4.69, 9.17) is 4.52 Å². The van der Waals surface area contributed by atoms with Crippen molar-refractivity contribution >= 4 is 11.6 Å². The maximum atomic E-state index is 12.0. The first-order valence-corrected chi connectivity index (χ1v) is 5.67. The predicted molar refractivity (Wildman–Crippen MR) is 68.4 cm³/mol. The summed E-state index contributed by atoms with van der Waals surface area (Å²) in [4.78, 5) is 12.0. The van der Waals surface area contributed by atoms with Crippen molar-refractivity contribution < 1.29 is 9.32 Å². The summed E-state index contributed by atoms with van der Waals surface area (Å²) >= 11 is 0. The molecule has 0 aliphatic carbocycles.